The first kappa shape index (κ1) is 39.0. The monoisotopic (exact) mass is 776 g/mol. The Morgan fingerprint density at radius 1 is 0.704 bits per heavy atom. The molecule has 9 atom stereocenters. The number of aromatic nitrogens is 2. The molecular weight excluding hydrogens is 729 g/mol. The first-order chi connectivity index (χ1) is 25.8. The minimum atomic E-state index is -0.910. The number of ether oxygens (including phenoxy) is 2. The second-order valence-electron chi connectivity index (χ2n) is 14.6. The van der Waals surface area contributed by atoms with Gasteiger partial charge in [0.25, 0.3) is 0 Å². The van der Waals surface area contributed by atoms with Crippen LogP contribution in [-0.4, -0.2) is 81.8 Å². The Bertz CT molecular complexity index is 1910. The zero-order valence-corrected chi connectivity index (χ0v) is 33.1. The van der Waals surface area contributed by atoms with Crippen molar-refractivity contribution in [3.8, 4) is 0 Å². The highest BCUT2D eigenvalue weighted by atomic mass is 32.1. The maximum Gasteiger partial charge on any atom is 0.249 e. The standard InChI is InChI=1S/C38H48N8O6S2/c1-8-19(4)28-32(48)39-20(5)37-42-26(16-53-37)35-45-29(21(6)51-35)33(49)40-24(14-18(2)3)31(47)41-25(15-23-12-10-9-11-13-23)38-43-27(17-54-38)36-46-30(22(7)52-36)34(50)44-28/h9-13,16-22,24-25,28-30H,8,14-15H2,1-7H3,(H,39,48)(H,40,49)(H,41,47)(H,44,50)/t19-,20-,21+,22+,24-,25+,28-,29-,30-/m0/s1. The summed E-state index contributed by atoms with van der Waals surface area (Å²) in [7, 11) is 0. The van der Waals surface area contributed by atoms with Crippen LogP contribution in [0.4, 0.5) is 0 Å². The molecule has 0 saturated carbocycles. The van der Waals surface area contributed by atoms with Crippen LogP contribution < -0.4 is 21.3 Å². The van der Waals surface area contributed by atoms with Gasteiger partial charge in [-0.2, -0.15) is 0 Å². The first-order valence-corrected chi connectivity index (χ1v) is 20.2. The summed E-state index contributed by atoms with van der Waals surface area (Å²) >= 11 is 2.66. The number of benzene rings is 1. The molecule has 3 aliphatic heterocycles. The van der Waals surface area contributed by atoms with Crippen LogP contribution in [0.25, 0.3) is 0 Å². The number of rotatable bonds is 6. The van der Waals surface area contributed by atoms with Crippen LogP contribution in [-0.2, 0) is 35.1 Å². The Hall–Kier alpha value is -4.70. The number of nitrogens with one attached hydrogen (secondary N) is 4. The van der Waals surface area contributed by atoms with Gasteiger partial charge in [0.2, 0.25) is 35.4 Å². The van der Waals surface area contributed by atoms with E-state index in [0.29, 0.717) is 40.7 Å². The number of aliphatic imine (C=N–C) groups is 2. The molecule has 2 aromatic heterocycles. The predicted octanol–water partition coefficient (Wildman–Crippen LogP) is 4.02. The Balaban J connectivity index is 1.37. The van der Waals surface area contributed by atoms with Gasteiger partial charge in [0.1, 0.15) is 45.7 Å². The molecule has 8 bridgehead atoms. The molecule has 5 heterocycles. The molecule has 14 nitrogen and oxygen atoms in total. The van der Waals surface area contributed by atoms with Crippen LogP contribution >= 0.6 is 22.7 Å². The van der Waals surface area contributed by atoms with Gasteiger partial charge in [-0.3, -0.25) is 19.2 Å². The summed E-state index contributed by atoms with van der Waals surface area (Å²) in [5, 5.41) is 16.8. The van der Waals surface area contributed by atoms with E-state index in [2.05, 4.69) is 36.2 Å². The minimum absolute atomic E-state index is 0.0873. The van der Waals surface area contributed by atoms with E-state index < -0.39 is 60.3 Å². The number of fused-ring (bicyclic) bond motifs is 8. The van der Waals surface area contributed by atoms with Crippen molar-refractivity contribution in [3.05, 3.63) is 68.1 Å². The maximum atomic E-state index is 14.1. The van der Waals surface area contributed by atoms with Gasteiger partial charge in [-0.25, -0.2) is 20.0 Å². The lowest BCUT2D eigenvalue weighted by Crippen LogP contribution is -2.53. The second kappa shape index (κ2) is 16.8. The van der Waals surface area contributed by atoms with Crippen LogP contribution in [0, 0.1) is 11.8 Å². The molecule has 6 rings (SSSR count). The zero-order chi connectivity index (χ0) is 38.7. The fourth-order valence-corrected chi connectivity index (χ4v) is 8.16. The van der Waals surface area contributed by atoms with E-state index in [0.717, 1.165) is 5.56 Å². The van der Waals surface area contributed by atoms with Crippen LogP contribution in [0.5, 0.6) is 0 Å². The minimum Gasteiger partial charge on any atom is -0.470 e. The quantitative estimate of drug-likeness (QED) is 0.289. The van der Waals surface area contributed by atoms with E-state index in [-0.39, 0.29) is 35.4 Å². The van der Waals surface area contributed by atoms with Crippen LogP contribution in [0.3, 0.4) is 0 Å². The molecule has 0 radical (unpaired) electrons. The van der Waals surface area contributed by atoms with E-state index >= 15 is 0 Å². The van der Waals surface area contributed by atoms with Gasteiger partial charge >= 0.3 is 0 Å². The van der Waals surface area contributed by atoms with Crippen molar-refractivity contribution in [2.45, 2.75) is 116 Å². The number of nitrogens with zero attached hydrogens (tertiary/aromatic N) is 4. The van der Waals surface area contributed by atoms with Gasteiger partial charge in [-0.1, -0.05) is 64.4 Å². The number of carbonyl (C=O) groups excluding carboxylic acids is 4. The largest absolute Gasteiger partial charge is 0.470 e. The highest BCUT2D eigenvalue weighted by Gasteiger charge is 2.40. The summed E-state index contributed by atoms with van der Waals surface area (Å²) in [5.74, 6) is -1.24. The molecule has 1 aromatic carbocycles. The van der Waals surface area contributed by atoms with Gasteiger partial charge in [-0.15, -0.1) is 22.7 Å². The predicted molar refractivity (Wildman–Crippen MR) is 206 cm³/mol. The van der Waals surface area contributed by atoms with Crippen molar-refractivity contribution in [1.29, 1.82) is 0 Å². The lowest BCUT2D eigenvalue weighted by molar-refractivity contribution is -0.131. The molecule has 54 heavy (non-hydrogen) atoms. The molecule has 4 N–H and O–H groups in total. The molecule has 0 aliphatic carbocycles. The van der Waals surface area contributed by atoms with E-state index in [4.69, 9.17) is 14.5 Å². The smallest absolute Gasteiger partial charge is 0.249 e. The molecule has 4 amide bonds. The molecule has 3 aliphatic rings. The van der Waals surface area contributed by atoms with E-state index in [1.807, 2.05) is 65.0 Å². The molecule has 16 heteroatoms. The Labute approximate surface area is 323 Å². The summed E-state index contributed by atoms with van der Waals surface area (Å²) in [6, 6.07) is 5.18. The molecule has 0 unspecified atom stereocenters. The van der Waals surface area contributed by atoms with Crippen molar-refractivity contribution in [2.75, 3.05) is 0 Å². The first-order valence-electron chi connectivity index (χ1n) is 18.5. The number of hydrogen-bond donors (Lipinski definition) is 4. The van der Waals surface area contributed by atoms with Gasteiger partial charge < -0.3 is 30.7 Å². The summed E-state index contributed by atoms with van der Waals surface area (Å²) < 4.78 is 12.1. The fraction of sp³-hybridized carbons (Fsp3) is 0.526. The molecule has 288 valence electrons. The van der Waals surface area contributed by atoms with E-state index in [1.165, 1.54) is 22.7 Å². The summed E-state index contributed by atoms with van der Waals surface area (Å²) in [6.45, 7) is 13.2. The lowest BCUT2D eigenvalue weighted by atomic mass is 9.97. The van der Waals surface area contributed by atoms with Crippen LogP contribution in [0.15, 0.2) is 51.1 Å². The van der Waals surface area contributed by atoms with Gasteiger partial charge in [0.15, 0.2) is 12.1 Å². The molecule has 0 fully saturated rings. The fourth-order valence-electron chi connectivity index (χ4n) is 6.52. The van der Waals surface area contributed by atoms with Crippen molar-refractivity contribution in [1.82, 2.24) is 31.2 Å². The third kappa shape index (κ3) is 8.81. The number of amides is 4. The third-order valence-electron chi connectivity index (χ3n) is 9.78. The van der Waals surface area contributed by atoms with Gasteiger partial charge in [0, 0.05) is 10.8 Å². The zero-order valence-electron chi connectivity index (χ0n) is 31.5. The lowest BCUT2D eigenvalue weighted by Gasteiger charge is -2.26. The second-order valence-corrected chi connectivity index (χ2v) is 16.4. The van der Waals surface area contributed by atoms with Crippen molar-refractivity contribution in [3.63, 3.8) is 0 Å². The molecular formula is C38H48N8O6S2. The average Bonchev–Trinajstić information content (AvgIpc) is 3.96. The van der Waals surface area contributed by atoms with Crippen molar-refractivity contribution < 1.29 is 28.7 Å². The Morgan fingerprint density at radius 2 is 1.26 bits per heavy atom. The highest BCUT2D eigenvalue weighted by molar-refractivity contribution is 7.10. The molecule has 0 saturated heterocycles. The SMILES string of the molecule is CC[C@H](C)[C@@H]1NC(=O)[C@H]2N=C(O[C@@H]2C)c2csc(n2)[C@@H](Cc2ccccc2)NC(=O)[C@H](CC(C)C)NC(=O)[C@H]2N=C(O[C@@H]2C)c2csc(n2)[C@H](C)NC1=O. The Kier molecular flexibility index (Phi) is 12.1. The topological polar surface area (TPSA) is 185 Å². The van der Waals surface area contributed by atoms with E-state index in [9.17, 15) is 19.2 Å². The van der Waals surface area contributed by atoms with E-state index in [1.54, 1.807) is 24.6 Å². The number of carbonyl (C=O) groups is 4. The summed E-state index contributed by atoms with van der Waals surface area (Å²) in [5.41, 5.74) is 1.85. The number of thiazole rings is 2. The van der Waals surface area contributed by atoms with Crippen LogP contribution in [0.2, 0.25) is 0 Å². The highest BCUT2D eigenvalue weighted by Crippen LogP contribution is 2.28. The number of hydrogen-bond acceptors (Lipinski definition) is 12. The maximum absolute atomic E-state index is 14.1. The normalized spacial score (nSPS) is 28.4. The summed E-state index contributed by atoms with van der Waals surface area (Å²) in [4.78, 5) is 74.1. The third-order valence-corrected chi connectivity index (χ3v) is 11.8. The molecule has 3 aromatic rings. The van der Waals surface area contributed by atoms with Crippen LogP contribution in [0.1, 0.15) is 100 Å². The van der Waals surface area contributed by atoms with Crippen molar-refractivity contribution in [2.24, 2.45) is 21.8 Å². The van der Waals surface area contributed by atoms with Gasteiger partial charge in [0.05, 0.1) is 12.1 Å². The Morgan fingerprint density at radius 3 is 1.85 bits per heavy atom. The van der Waals surface area contributed by atoms with Crippen molar-refractivity contribution >= 4 is 58.1 Å². The van der Waals surface area contributed by atoms with Gasteiger partial charge in [-0.05, 0) is 51.0 Å². The average molecular weight is 777 g/mol. The molecule has 0 spiro atoms. The summed E-state index contributed by atoms with van der Waals surface area (Å²) in [6.07, 6.45) is 0.244.